The van der Waals surface area contributed by atoms with Crippen molar-refractivity contribution in [2.24, 2.45) is 0 Å². The standard InChI is InChI=1S/C5H3BrClNO3S.ClH/c6-4-1-3(12(9,10)11)2-8-5(4)7;/h1-2H,(H,9,10,11);1H. The highest BCUT2D eigenvalue weighted by Crippen LogP contribution is 2.22. The van der Waals surface area contributed by atoms with Crippen molar-refractivity contribution in [3.63, 3.8) is 0 Å². The van der Waals surface area contributed by atoms with E-state index >= 15 is 0 Å². The number of aromatic nitrogens is 1. The molecule has 4 nitrogen and oxygen atoms in total. The summed E-state index contributed by atoms with van der Waals surface area (Å²) in [4.78, 5) is 3.23. The van der Waals surface area contributed by atoms with E-state index in [9.17, 15) is 8.42 Å². The summed E-state index contributed by atoms with van der Waals surface area (Å²) >= 11 is 8.46. The van der Waals surface area contributed by atoms with E-state index in [-0.39, 0.29) is 22.5 Å². The lowest BCUT2D eigenvalue weighted by Crippen LogP contribution is -1.98. The summed E-state index contributed by atoms with van der Waals surface area (Å²) in [6, 6.07) is 1.17. The summed E-state index contributed by atoms with van der Waals surface area (Å²) in [5.74, 6) is 0. The van der Waals surface area contributed by atoms with E-state index in [1.165, 1.54) is 6.07 Å². The molecule has 0 aliphatic rings. The van der Waals surface area contributed by atoms with Crippen LogP contribution >= 0.6 is 39.9 Å². The van der Waals surface area contributed by atoms with Crippen LogP contribution in [0.25, 0.3) is 0 Å². The lowest BCUT2D eigenvalue weighted by atomic mass is 10.5. The number of pyridine rings is 1. The van der Waals surface area contributed by atoms with E-state index in [2.05, 4.69) is 20.9 Å². The lowest BCUT2D eigenvalue weighted by Gasteiger charge is -1.97. The number of rotatable bonds is 1. The summed E-state index contributed by atoms with van der Waals surface area (Å²) in [5, 5.41) is 0.141. The quantitative estimate of drug-likeness (QED) is 0.638. The summed E-state index contributed by atoms with van der Waals surface area (Å²) < 4.78 is 30.0. The van der Waals surface area contributed by atoms with Gasteiger partial charge in [-0.05, 0) is 22.0 Å². The molecule has 1 aromatic heterocycles. The van der Waals surface area contributed by atoms with Crippen molar-refractivity contribution in [3.05, 3.63) is 21.9 Å². The van der Waals surface area contributed by atoms with Crippen LogP contribution < -0.4 is 0 Å². The van der Waals surface area contributed by atoms with Gasteiger partial charge in [0.1, 0.15) is 10.0 Å². The monoisotopic (exact) mass is 307 g/mol. The molecule has 0 aliphatic heterocycles. The Bertz CT molecular complexity index is 408. The third-order valence-electron chi connectivity index (χ3n) is 1.07. The third kappa shape index (κ3) is 3.40. The first kappa shape index (κ1) is 13.1. The Balaban J connectivity index is 0.00000144. The smallest absolute Gasteiger partial charge is 0.282 e. The molecule has 0 fully saturated rings. The Morgan fingerprint density at radius 3 is 2.46 bits per heavy atom. The molecule has 0 aliphatic carbocycles. The first-order valence-electron chi connectivity index (χ1n) is 2.70. The molecule has 1 aromatic rings. The highest BCUT2D eigenvalue weighted by Gasteiger charge is 2.11. The van der Waals surface area contributed by atoms with Gasteiger partial charge in [0.2, 0.25) is 0 Å². The maximum atomic E-state index is 10.5. The lowest BCUT2D eigenvalue weighted by molar-refractivity contribution is 0.482. The largest absolute Gasteiger partial charge is 0.296 e. The number of hydrogen-bond donors (Lipinski definition) is 1. The first-order valence-corrected chi connectivity index (χ1v) is 5.31. The van der Waals surface area contributed by atoms with Crippen molar-refractivity contribution >= 4 is 50.1 Å². The molecule has 13 heavy (non-hydrogen) atoms. The fraction of sp³-hybridized carbons (Fsp3) is 0. The van der Waals surface area contributed by atoms with E-state index in [4.69, 9.17) is 16.2 Å². The van der Waals surface area contributed by atoms with Gasteiger partial charge in [-0.2, -0.15) is 8.42 Å². The molecule has 0 saturated carbocycles. The zero-order chi connectivity index (χ0) is 9.35. The van der Waals surface area contributed by atoms with Gasteiger partial charge in [0.25, 0.3) is 10.1 Å². The van der Waals surface area contributed by atoms with E-state index in [0.717, 1.165) is 6.20 Å². The Morgan fingerprint density at radius 1 is 1.54 bits per heavy atom. The Kier molecular flexibility index (Phi) is 4.61. The molecule has 0 saturated heterocycles. The normalized spacial score (nSPS) is 10.7. The molecular weight excluding hydrogens is 305 g/mol. The molecule has 0 spiro atoms. The van der Waals surface area contributed by atoms with Crippen LogP contribution in [0, 0.1) is 0 Å². The summed E-state index contributed by atoms with van der Waals surface area (Å²) in [7, 11) is -4.19. The van der Waals surface area contributed by atoms with Crippen molar-refractivity contribution in [2.45, 2.75) is 4.90 Å². The van der Waals surface area contributed by atoms with Crippen molar-refractivity contribution in [1.82, 2.24) is 4.98 Å². The van der Waals surface area contributed by atoms with E-state index < -0.39 is 10.1 Å². The van der Waals surface area contributed by atoms with Gasteiger partial charge in [-0.1, -0.05) is 11.6 Å². The second-order valence-electron chi connectivity index (χ2n) is 1.92. The molecule has 0 unspecified atom stereocenters. The number of nitrogens with zero attached hydrogens (tertiary/aromatic N) is 1. The summed E-state index contributed by atoms with van der Waals surface area (Å²) in [6.07, 6.45) is 0.975. The Labute approximate surface area is 94.6 Å². The van der Waals surface area contributed by atoms with Crippen LogP contribution in [0.1, 0.15) is 0 Å². The third-order valence-corrected chi connectivity index (χ3v) is 3.02. The predicted octanol–water partition coefficient (Wildman–Crippen LogP) is 2.17. The highest BCUT2D eigenvalue weighted by molar-refractivity contribution is 9.10. The average molecular weight is 309 g/mol. The van der Waals surface area contributed by atoms with Crippen LogP contribution in [0.3, 0.4) is 0 Å². The Morgan fingerprint density at radius 2 is 2.08 bits per heavy atom. The summed E-state index contributed by atoms with van der Waals surface area (Å²) in [5.41, 5.74) is 0. The second kappa shape index (κ2) is 4.56. The first-order chi connectivity index (χ1) is 5.41. The maximum Gasteiger partial charge on any atom is 0.296 e. The molecule has 1 rings (SSSR count). The molecule has 1 N–H and O–H groups in total. The second-order valence-corrected chi connectivity index (χ2v) is 4.55. The fourth-order valence-electron chi connectivity index (χ4n) is 0.545. The predicted molar refractivity (Wildman–Crippen MR) is 54.0 cm³/mol. The van der Waals surface area contributed by atoms with Gasteiger partial charge in [0, 0.05) is 6.20 Å². The Hall–Kier alpha value is 0.120. The van der Waals surface area contributed by atoms with Crippen LogP contribution in [0.4, 0.5) is 0 Å². The maximum absolute atomic E-state index is 10.5. The summed E-state index contributed by atoms with van der Waals surface area (Å²) in [6.45, 7) is 0. The van der Waals surface area contributed by atoms with Gasteiger partial charge in [0.05, 0.1) is 4.47 Å². The molecule has 0 radical (unpaired) electrons. The van der Waals surface area contributed by atoms with Crippen molar-refractivity contribution in [2.75, 3.05) is 0 Å². The van der Waals surface area contributed by atoms with Crippen molar-refractivity contribution in [1.29, 1.82) is 0 Å². The van der Waals surface area contributed by atoms with E-state index in [0.29, 0.717) is 4.47 Å². The van der Waals surface area contributed by atoms with Gasteiger partial charge in [-0.15, -0.1) is 12.4 Å². The molecule has 0 aromatic carbocycles. The fourth-order valence-corrected chi connectivity index (χ4v) is 1.60. The van der Waals surface area contributed by atoms with Crippen LogP contribution in [-0.2, 0) is 10.1 Å². The van der Waals surface area contributed by atoms with E-state index in [1.54, 1.807) is 0 Å². The zero-order valence-electron chi connectivity index (χ0n) is 5.94. The van der Waals surface area contributed by atoms with Crippen molar-refractivity contribution < 1.29 is 13.0 Å². The average Bonchev–Trinajstić information content (AvgIpc) is 1.92. The molecule has 0 amide bonds. The zero-order valence-corrected chi connectivity index (χ0v) is 9.91. The van der Waals surface area contributed by atoms with Crippen molar-refractivity contribution in [3.8, 4) is 0 Å². The van der Waals surface area contributed by atoms with Crippen LogP contribution in [0.15, 0.2) is 21.6 Å². The number of halogens is 3. The van der Waals surface area contributed by atoms with Gasteiger partial charge in [0.15, 0.2) is 0 Å². The van der Waals surface area contributed by atoms with Gasteiger partial charge < -0.3 is 0 Å². The van der Waals surface area contributed by atoms with Gasteiger partial charge in [-0.25, -0.2) is 4.98 Å². The van der Waals surface area contributed by atoms with Gasteiger partial charge >= 0.3 is 0 Å². The minimum atomic E-state index is -4.19. The van der Waals surface area contributed by atoms with Crippen LogP contribution in [0.2, 0.25) is 5.15 Å². The molecule has 8 heteroatoms. The van der Waals surface area contributed by atoms with Gasteiger partial charge in [-0.3, -0.25) is 4.55 Å². The van der Waals surface area contributed by atoms with E-state index in [1.807, 2.05) is 0 Å². The van der Waals surface area contributed by atoms with Crippen LogP contribution in [-0.4, -0.2) is 18.0 Å². The highest BCUT2D eigenvalue weighted by atomic mass is 79.9. The minimum absolute atomic E-state index is 0. The minimum Gasteiger partial charge on any atom is -0.282 e. The molecule has 1 heterocycles. The molecular formula is C5H4BrCl2NO3S. The van der Waals surface area contributed by atoms with Crippen LogP contribution in [0.5, 0.6) is 0 Å². The topological polar surface area (TPSA) is 67.3 Å². The SMILES string of the molecule is Cl.O=S(=O)(O)c1cnc(Cl)c(Br)c1. The molecule has 0 atom stereocenters. The number of hydrogen-bond acceptors (Lipinski definition) is 3. The molecule has 0 bridgehead atoms. The molecule has 74 valence electrons.